The first-order valence-corrected chi connectivity index (χ1v) is 13.8. The maximum Gasteiger partial charge on any atom is 0.302 e. The molecule has 0 N–H and O–H groups in total. The summed E-state index contributed by atoms with van der Waals surface area (Å²) in [7, 11) is 0. The average Bonchev–Trinajstić information content (AvgIpc) is 3.08. The van der Waals surface area contributed by atoms with Crippen molar-refractivity contribution in [3.63, 3.8) is 0 Å². The van der Waals surface area contributed by atoms with Crippen molar-refractivity contribution >= 4 is 17.5 Å². The van der Waals surface area contributed by atoms with Crippen LogP contribution in [0.2, 0.25) is 0 Å². The Hall–Kier alpha value is -1.45. The Labute approximate surface area is 206 Å². The first-order chi connectivity index (χ1) is 15.9. The minimum Gasteiger partial charge on any atom is -0.463 e. The van der Waals surface area contributed by atoms with Crippen LogP contribution >= 0.6 is 0 Å². The number of carbonyl (C=O) groups is 3. The minimum atomic E-state index is -0.249. The van der Waals surface area contributed by atoms with Crippen LogP contribution in [0.15, 0.2) is 12.2 Å². The molecule has 34 heavy (non-hydrogen) atoms. The van der Waals surface area contributed by atoms with Crippen LogP contribution < -0.4 is 0 Å². The van der Waals surface area contributed by atoms with Crippen LogP contribution in [-0.2, 0) is 19.1 Å². The van der Waals surface area contributed by atoms with E-state index in [1.807, 2.05) is 0 Å². The molecule has 4 heteroatoms. The molecule has 0 aromatic rings. The Morgan fingerprint density at radius 3 is 2.35 bits per heavy atom. The Bertz CT molecular complexity index is 858. The lowest BCUT2D eigenvalue weighted by Gasteiger charge is -2.59. The number of ketones is 2. The van der Waals surface area contributed by atoms with E-state index in [1.165, 1.54) is 6.92 Å². The summed E-state index contributed by atoms with van der Waals surface area (Å²) in [5.74, 6) is 2.61. The zero-order valence-electron chi connectivity index (χ0n) is 22.4. The Morgan fingerprint density at radius 2 is 1.71 bits per heavy atom. The number of esters is 1. The Kier molecular flexibility index (Phi) is 6.94. The first kappa shape index (κ1) is 25.6. The molecule has 4 rings (SSSR count). The molecule has 4 nitrogen and oxygen atoms in total. The van der Waals surface area contributed by atoms with Crippen molar-refractivity contribution in [3.8, 4) is 0 Å². The van der Waals surface area contributed by atoms with Gasteiger partial charge in [-0.15, -0.1) is 0 Å². The highest BCUT2D eigenvalue weighted by molar-refractivity contribution is 5.94. The molecular formula is C30H46O4. The SMILES string of the molecule is CC(=O)O[C@H]1CC[C@@]2(C)[C@@H](CC(=O)[C@H]3[C@@H]4CC[C@H]([C@@H](C)/C=C/[C@H](C)C(C)C)[C@@]4(C)CC(=O)[C@@H]32)C1. The van der Waals surface area contributed by atoms with Gasteiger partial charge in [0.2, 0.25) is 0 Å². The maximum absolute atomic E-state index is 13.9. The second kappa shape index (κ2) is 9.21. The number of carbonyl (C=O) groups excluding carboxylic acids is 3. The van der Waals surface area contributed by atoms with Gasteiger partial charge < -0.3 is 4.74 Å². The number of fused-ring (bicyclic) bond motifs is 5. The van der Waals surface area contributed by atoms with Crippen LogP contribution in [0.1, 0.15) is 93.4 Å². The zero-order chi connectivity index (χ0) is 25.0. The summed E-state index contributed by atoms with van der Waals surface area (Å²) in [6.45, 7) is 15.1. The number of hydrogen-bond acceptors (Lipinski definition) is 4. The molecule has 0 aliphatic heterocycles. The molecule has 0 saturated heterocycles. The molecule has 0 aromatic heterocycles. The van der Waals surface area contributed by atoms with E-state index < -0.39 is 0 Å². The largest absolute Gasteiger partial charge is 0.463 e. The molecule has 0 amide bonds. The monoisotopic (exact) mass is 470 g/mol. The van der Waals surface area contributed by atoms with E-state index in [2.05, 4.69) is 53.7 Å². The van der Waals surface area contributed by atoms with E-state index in [9.17, 15) is 14.4 Å². The third-order valence-electron chi connectivity index (χ3n) is 10.9. The van der Waals surface area contributed by atoms with Crippen molar-refractivity contribution in [1.82, 2.24) is 0 Å². The molecule has 4 aliphatic carbocycles. The molecule has 4 saturated carbocycles. The molecule has 0 spiro atoms. The van der Waals surface area contributed by atoms with E-state index in [-0.39, 0.29) is 40.7 Å². The van der Waals surface area contributed by atoms with Crippen LogP contribution in [0.4, 0.5) is 0 Å². The number of ether oxygens (including phenoxy) is 1. The van der Waals surface area contributed by atoms with Crippen LogP contribution in [0.3, 0.4) is 0 Å². The predicted molar refractivity (Wildman–Crippen MR) is 134 cm³/mol. The summed E-state index contributed by atoms with van der Waals surface area (Å²) in [5, 5.41) is 0. The molecular weight excluding hydrogens is 424 g/mol. The van der Waals surface area contributed by atoms with Crippen molar-refractivity contribution in [3.05, 3.63) is 12.2 Å². The summed E-state index contributed by atoms with van der Waals surface area (Å²) < 4.78 is 5.52. The first-order valence-electron chi connectivity index (χ1n) is 13.8. The Morgan fingerprint density at radius 1 is 1.00 bits per heavy atom. The topological polar surface area (TPSA) is 60.4 Å². The molecule has 4 fully saturated rings. The van der Waals surface area contributed by atoms with Gasteiger partial charge >= 0.3 is 5.97 Å². The van der Waals surface area contributed by atoms with Gasteiger partial charge in [0, 0.05) is 31.6 Å². The highest BCUT2D eigenvalue weighted by Gasteiger charge is 2.66. The van der Waals surface area contributed by atoms with Gasteiger partial charge in [-0.2, -0.15) is 0 Å². The van der Waals surface area contributed by atoms with Gasteiger partial charge in [0.25, 0.3) is 0 Å². The number of rotatable bonds is 5. The molecule has 190 valence electrons. The fourth-order valence-corrected chi connectivity index (χ4v) is 8.65. The smallest absolute Gasteiger partial charge is 0.302 e. The van der Waals surface area contributed by atoms with Crippen LogP contribution in [0.5, 0.6) is 0 Å². The lowest BCUT2D eigenvalue weighted by Crippen LogP contribution is -2.61. The summed E-state index contributed by atoms with van der Waals surface area (Å²) in [6, 6.07) is 0. The molecule has 0 radical (unpaired) electrons. The number of hydrogen-bond donors (Lipinski definition) is 0. The van der Waals surface area contributed by atoms with Gasteiger partial charge in [0.15, 0.2) is 0 Å². The van der Waals surface area contributed by atoms with Crippen molar-refractivity contribution in [2.24, 2.45) is 58.2 Å². The van der Waals surface area contributed by atoms with E-state index in [1.54, 1.807) is 0 Å². The van der Waals surface area contributed by atoms with Gasteiger partial charge in [-0.05, 0) is 78.4 Å². The molecule has 0 aromatic carbocycles. The molecule has 4 aliphatic rings. The van der Waals surface area contributed by atoms with Gasteiger partial charge in [-0.3, -0.25) is 14.4 Å². The summed E-state index contributed by atoms with van der Waals surface area (Å²) in [6.07, 6.45) is 10.4. The second-order valence-corrected chi connectivity index (χ2v) is 13.2. The van der Waals surface area contributed by atoms with Crippen molar-refractivity contribution in [2.75, 3.05) is 0 Å². The van der Waals surface area contributed by atoms with Crippen LogP contribution in [0, 0.1) is 58.2 Å². The minimum absolute atomic E-state index is 0.0864. The summed E-state index contributed by atoms with van der Waals surface area (Å²) in [5.41, 5.74) is -0.235. The highest BCUT2D eigenvalue weighted by Crippen LogP contribution is 2.66. The van der Waals surface area contributed by atoms with Gasteiger partial charge in [0.1, 0.15) is 17.7 Å². The van der Waals surface area contributed by atoms with E-state index in [0.717, 1.165) is 32.1 Å². The third kappa shape index (κ3) is 4.22. The quantitative estimate of drug-likeness (QED) is 0.344. The predicted octanol–water partition coefficient (Wildman–Crippen LogP) is 6.42. The lowest BCUT2D eigenvalue weighted by molar-refractivity contribution is -0.175. The standard InChI is InChI=1S/C30H46O4/c1-17(2)18(3)8-9-19(4)23-10-11-24-27-25(32)15-21-14-22(34-20(5)31)12-13-29(21,6)28(27)26(33)16-30(23,24)7/h8-9,17-19,21-24,27-28H,10-16H2,1-7H3/b9-8+/t18-,19-,21+,22-,23+,24-,27+,28-,29-,30+/m0/s1. The zero-order valence-corrected chi connectivity index (χ0v) is 22.4. The average molecular weight is 471 g/mol. The van der Waals surface area contributed by atoms with Gasteiger partial charge in [0.05, 0.1) is 0 Å². The fraction of sp³-hybridized carbons (Fsp3) is 0.833. The second-order valence-electron chi connectivity index (χ2n) is 13.2. The van der Waals surface area contributed by atoms with Gasteiger partial charge in [-0.1, -0.05) is 53.7 Å². The molecule has 10 atom stereocenters. The van der Waals surface area contributed by atoms with Crippen LogP contribution in [-0.4, -0.2) is 23.6 Å². The van der Waals surface area contributed by atoms with Crippen molar-refractivity contribution in [1.29, 1.82) is 0 Å². The van der Waals surface area contributed by atoms with Crippen molar-refractivity contribution in [2.45, 2.75) is 99.5 Å². The van der Waals surface area contributed by atoms with Gasteiger partial charge in [-0.25, -0.2) is 0 Å². The number of Topliss-reactive ketones (excluding diaryl/α,β-unsaturated/α-hetero) is 2. The highest BCUT2D eigenvalue weighted by atomic mass is 16.5. The summed E-state index contributed by atoms with van der Waals surface area (Å²) >= 11 is 0. The fourth-order valence-electron chi connectivity index (χ4n) is 8.65. The number of allylic oxidation sites excluding steroid dienone is 2. The van der Waals surface area contributed by atoms with E-state index >= 15 is 0 Å². The maximum atomic E-state index is 13.9. The van der Waals surface area contributed by atoms with E-state index in [0.29, 0.717) is 54.0 Å². The Balaban J connectivity index is 1.57. The molecule has 0 unspecified atom stereocenters. The van der Waals surface area contributed by atoms with Crippen molar-refractivity contribution < 1.29 is 19.1 Å². The van der Waals surface area contributed by atoms with Crippen LogP contribution in [0.25, 0.3) is 0 Å². The molecule has 0 heterocycles. The lowest BCUT2D eigenvalue weighted by atomic mass is 9.43. The third-order valence-corrected chi connectivity index (χ3v) is 10.9. The normalized spacial score (nSPS) is 43.9. The summed E-state index contributed by atoms with van der Waals surface area (Å²) in [4.78, 5) is 39.1. The molecule has 0 bridgehead atoms. The van der Waals surface area contributed by atoms with E-state index in [4.69, 9.17) is 4.74 Å².